The van der Waals surface area contributed by atoms with Gasteiger partial charge in [-0.15, -0.1) is 0 Å². The van der Waals surface area contributed by atoms with Gasteiger partial charge in [0, 0.05) is 11.8 Å². The first-order valence-corrected chi connectivity index (χ1v) is 5.31. The highest BCUT2D eigenvalue weighted by Gasteiger charge is 2.09. The third-order valence-corrected chi connectivity index (χ3v) is 2.23. The third-order valence-electron chi connectivity index (χ3n) is 2.23. The summed E-state index contributed by atoms with van der Waals surface area (Å²) in [6, 6.07) is 14.2. The fourth-order valence-corrected chi connectivity index (χ4v) is 1.38. The maximum atomic E-state index is 11.8. The highest BCUT2D eigenvalue weighted by atomic mass is 16.3. The summed E-state index contributed by atoms with van der Waals surface area (Å²) in [7, 11) is 0. The molecule has 2 aromatic rings. The van der Waals surface area contributed by atoms with E-state index in [1.54, 1.807) is 36.4 Å². The number of amides is 1. The van der Waals surface area contributed by atoms with Crippen LogP contribution >= 0.6 is 0 Å². The minimum absolute atomic E-state index is 0.00574. The summed E-state index contributed by atoms with van der Waals surface area (Å²) < 4.78 is 5.06. The molecule has 88 valence electrons. The molecule has 18 heavy (non-hydrogen) atoms. The van der Waals surface area contributed by atoms with Crippen LogP contribution in [-0.2, 0) is 4.79 Å². The van der Waals surface area contributed by atoms with Crippen molar-refractivity contribution < 1.29 is 9.21 Å². The molecule has 1 heterocycles. The number of carbonyl (C=O) groups is 1. The minimum Gasteiger partial charge on any atom is -0.465 e. The van der Waals surface area contributed by atoms with E-state index in [9.17, 15) is 4.79 Å². The Balaban J connectivity index is 2.15. The summed E-state index contributed by atoms with van der Waals surface area (Å²) in [4.78, 5) is 11.8. The molecule has 4 nitrogen and oxygen atoms in total. The Labute approximate surface area is 104 Å². The Morgan fingerprint density at radius 3 is 2.61 bits per heavy atom. The lowest BCUT2D eigenvalue weighted by Crippen LogP contribution is -2.13. The summed E-state index contributed by atoms with van der Waals surface area (Å²) in [5, 5.41) is 11.6. The zero-order valence-electron chi connectivity index (χ0n) is 9.46. The average Bonchev–Trinajstić information content (AvgIpc) is 2.90. The number of benzene rings is 1. The number of rotatable bonds is 3. The molecule has 0 atom stereocenters. The molecule has 1 amide bonds. The molecule has 4 heteroatoms. The number of nitrogens with zero attached hydrogens (tertiary/aromatic N) is 1. The second kappa shape index (κ2) is 5.51. The summed E-state index contributed by atoms with van der Waals surface area (Å²) in [6.45, 7) is 0. The van der Waals surface area contributed by atoms with Crippen LogP contribution in [0.2, 0.25) is 0 Å². The monoisotopic (exact) mass is 238 g/mol. The van der Waals surface area contributed by atoms with E-state index in [1.165, 1.54) is 12.3 Å². The van der Waals surface area contributed by atoms with Crippen LogP contribution < -0.4 is 5.32 Å². The Bertz CT molecular complexity index is 592. The molecule has 0 unspecified atom stereocenters. The van der Waals surface area contributed by atoms with Crippen molar-refractivity contribution in [2.45, 2.75) is 0 Å². The van der Waals surface area contributed by atoms with Crippen LogP contribution in [0.5, 0.6) is 0 Å². The molecule has 1 aromatic carbocycles. The van der Waals surface area contributed by atoms with E-state index >= 15 is 0 Å². The molecule has 0 fully saturated rings. The molecule has 0 aliphatic rings. The lowest BCUT2D eigenvalue weighted by atomic mass is 10.2. The molecule has 0 aliphatic carbocycles. The molecule has 0 spiro atoms. The number of para-hydroxylation sites is 1. The first kappa shape index (κ1) is 11.7. The van der Waals surface area contributed by atoms with Crippen molar-refractivity contribution in [1.29, 1.82) is 5.26 Å². The van der Waals surface area contributed by atoms with Crippen molar-refractivity contribution in [3.8, 4) is 6.07 Å². The lowest BCUT2D eigenvalue weighted by Gasteiger charge is -2.02. The molecule has 1 aromatic heterocycles. The molecular weight excluding hydrogens is 228 g/mol. The van der Waals surface area contributed by atoms with E-state index in [-0.39, 0.29) is 5.57 Å². The second-order valence-electron chi connectivity index (χ2n) is 3.51. The van der Waals surface area contributed by atoms with Gasteiger partial charge in [0.05, 0.1) is 6.26 Å². The van der Waals surface area contributed by atoms with Gasteiger partial charge in [-0.05, 0) is 24.3 Å². The fraction of sp³-hybridized carbons (Fsp3) is 0. The molecule has 0 bridgehead atoms. The molecule has 1 N–H and O–H groups in total. The summed E-state index contributed by atoms with van der Waals surface area (Å²) in [5.41, 5.74) is 0.636. The summed E-state index contributed by atoms with van der Waals surface area (Å²) >= 11 is 0. The zero-order chi connectivity index (χ0) is 12.8. The van der Waals surface area contributed by atoms with Gasteiger partial charge in [-0.3, -0.25) is 4.79 Å². The van der Waals surface area contributed by atoms with Gasteiger partial charge in [-0.25, -0.2) is 0 Å². The van der Waals surface area contributed by atoms with Gasteiger partial charge in [0.15, 0.2) is 0 Å². The first-order chi connectivity index (χ1) is 8.79. The van der Waals surface area contributed by atoms with Gasteiger partial charge in [-0.2, -0.15) is 5.26 Å². The molecule has 0 saturated carbocycles. The first-order valence-electron chi connectivity index (χ1n) is 5.31. The fourth-order valence-electron chi connectivity index (χ4n) is 1.38. The number of nitrogens with one attached hydrogen (secondary N) is 1. The number of anilines is 1. The second-order valence-corrected chi connectivity index (χ2v) is 3.51. The van der Waals surface area contributed by atoms with Crippen molar-refractivity contribution >= 4 is 17.7 Å². The van der Waals surface area contributed by atoms with E-state index < -0.39 is 5.91 Å². The predicted octanol–water partition coefficient (Wildman–Crippen LogP) is 2.83. The molecule has 0 saturated heterocycles. The number of furan rings is 1. The molecule has 0 radical (unpaired) electrons. The van der Waals surface area contributed by atoms with Crippen molar-refractivity contribution in [2.75, 3.05) is 5.32 Å². The SMILES string of the molecule is N#CC(=Cc1ccco1)C(=O)Nc1ccccc1. The van der Waals surface area contributed by atoms with Crippen LogP contribution in [0.3, 0.4) is 0 Å². The zero-order valence-corrected chi connectivity index (χ0v) is 9.46. The van der Waals surface area contributed by atoms with Crippen LogP contribution in [0.25, 0.3) is 6.08 Å². The predicted molar refractivity (Wildman–Crippen MR) is 67.4 cm³/mol. The van der Waals surface area contributed by atoms with E-state index in [0.717, 1.165) is 0 Å². The summed E-state index contributed by atoms with van der Waals surface area (Å²) in [6.07, 6.45) is 2.88. The van der Waals surface area contributed by atoms with Crippen LogP contribution in [0.15, 0.2) is 58.7 Å². The van der Waals surface area contributed by atoms with Crippen molar-refractivity contribution in [1.82, 2.24) is 0 Å². The Hall–Kier alpha value is -2.80. The maximum absolute atomic E-state index is 11.8. The molecular formula is C14H10N2O2. The van der Waals surface area contributed by atoms with E-state index in [1.807, 2.05) is 12.1 Å². The third kappa shape index (κ3) is 2.86. The van der Waals surface area contributed by atoms with Crippen molar-refractivity contribution in [3.63, 3.8) is 0 Å². The number of carbonyl (C=O) groups excluding carboxylic acids is 1. The highest BCUT2D eigenvalue weighted by molar-refractivity contribution is 6.09. The topological polar surface area (TPSA) is 66.0 Å². The van der Waals surface area contributed by atoms with Gasteiger partial charge >= 0.3 is 0 Å². The van der Waals surface area contributed by atoms with Gasteiger partial charge < -0.3 is 9.73 Å². The largest absolute Gasteiger partial charge is 0.465 e. The number of hydrogen-bond donors (Lipinski definition) is 1. The van der Waals surface area contributed by atoms with E-state index in [2.05, 4.69) is 5.32 Å². The highest BCUT2D eigenvalue weighted by Crippen LogP contribution is 2.11. The Kier molecular flexibility index (Phi) is 3.57. The van der Waals surface area contributed by atoms with E-state index in [0.29, 0.717) is 11.4 Å². The summed E-state index contributed by atoms with van der Waals surface area (Å²) in [5.74, 6) is 0.00913. The van der Waals surface area contributed by atoms with Gasteiger partial charge in [0.2, 0.25) is 0 Å². The molecule has 0 aliphatic heterocycles. The van der Waals surface area contributed by atoms with Crippen molar-refractivity contribution in [2.24, 2.45) is 0 Å². The van der Waals surface area contributed by atoms with E-state index in [4.69, 9.17) is 9.68 Å². The van der Waals surface area contributed by atoms with Crippen LogP contribution in [0, 0.1) is 11.3 Å². The lowest BCUT2D eigenvalue weighted by molar-refractivity contribution is -0.112. The standard InChI is InChI=1S/C14H10N2O2/c15-10-11(9-13-7-4-8-18-13)14(17)16-12-5-2-1-3-6-12/h1-9H,(H,16,17). The van der Waals surface area contributed by atoms with Gasteiger partial charge in [-0.1, -0.05) is 18.2 Å². The minimum atomic E-state index is -0.458. The van der Waals surface area contributed by atoms with Crippen LogP contribution in [0.4, 0.5) is 5.69 Å². The van der Waals surface area contributed by atoms with Gasteiger partial charge in [0.25, 0.3) is 5.91 Å². The normalized spacial score (nSPS) is 10.7. The number of hydrogen-bond acceptors (Lipinski definition) is 3. The Morgan fingerprint density at radius 2 is 2.00 bits per heavy atom. The quantitative estimate of drug-likeness (QED) is 0.660. The average molecular weight is 238 g/mol. The number of nitriles is 1. The van der Waals surface area contributed by atoms with Crippen molar-refractivity contribution in [3.05, 3.63) is 60.1 Å². The van der Waals surface area contributed by atoms with Gasteiger partial charge in [0.1, 0.15) is 17.4 Å². The van der Waals surface area contributed by atoms with Crippen LogP contribution in [0.1, 0.15) is 5.76 Å². The maximum Gasteiger partial charge on any atom is 0.266 e. The smallest absolute Gasteiger partial charge is 0.266 e. The molecule has 2 rings (SSSR count). The Morgan fingerprint density at radius 1 is 1.22 bits per heavy atom. The van der Waals surface area contributed by atoms with Crippen LogP contribution in [-0.4, -0.2) is 5.91 Å².